The van der Waals surface area contributed by atoms with E-state index in [0.29, 0.717) is 28.1 Å². The summed E-state index contributed by atoms with van der Waals surface area (Å²) in [6, 6.07) is 9.08. The molecule has 0 saturated heterocycles. The molecule has 2 N–H and O–H groups in total. The molecule has 0 saturated carbocycles. The molecule has 0 bridgehead atoms. The molecule has 0 atom stereocenters. The molecule has 10 heteroatoms. The maximum absolute atomic E-state index is 12.5. The van der Waals surface area contributed by atoms with Gasteiger partial charge in [-0.15, -0.1) is 0 Å². The third kappa shape index (κ3) is 7.48. The van der Waals surface area contributed by atoms with Crippen LogP contribution < -0.4 is 20.1 Å². The Balaban J connectivity index is 1.96. The standard InChI is InChI=1S/C21H24BrN3O5S/c1-3-4-5-6-11-30-18-10-7-14(12-16(18)22)20(26)24-21(31)23-17-9-8-15(25(27)28)13-19(17)29-2/h7-10,12-13H,3-6,11H2,1-2H3,(H2,23,24,26,31). The number of ether oxygens (including phenoxy) is 2. The number of hydrogen-bond acceptors (Lipinski definition) is 6. The molecule has 0 fully saturated rings. The summed E-state index contributed by atoms with van der Waals surface area (Å²) in [7, 11) is 1.39. The predicted octanol–water partition coefficient (Wildman–Crippen LogP) is 5.45. The van der Waals surface area contributed by atoms with Crippen LogP contribution in [-0.4, -0.2) is 29.7 Å². The summed E-state index contributed by atoms with van der Waals surface area (Å²) >= 11 is 8.62. The van der Waals surface area contributed by atoms with Crippen LogP contribution in [0.2, 0.25) is 0 Å². The molecule has 2 rings (SSSR count). The number of carbonyl (C=O) groups is 1. The highest BCUT2D eigenvalue weighted by molar-refractivity contribution is 9.10. The number of nitrogens with zero attached hydrogens (tertiary/aromatic N) is 1. The van der Waals surface area contributed by atoms with Crippen molar-refractivity contribution < 1.29 is 19.2 Å². The topological polar surface area (TPSA) is 103 Å². The van der Waals surface area contributed by atoms with Gasteiger partial charge in [-0.2, -0.15) is 0 Å². The van der Waals surface area contributed by atoms with Gasteiger partial charge in [0, 0.05) is 11.6 Å². The van der Waals surface area contributed by atoms with Gasteiger partial charge in [0.1, 0.15) is 11.5 Å². The number of carbonyl (C=O) groups excluding carboxylic acids is 1. The van der Waals surface area contributed by atoms with E-state index >= 15 is 0 Å². The summed E-state index contributed by atoms with van der Waals surface area (Å²) in [6.07, 6.45) is 4.46. The SMILES string of the molecule is CCCCCCOc1ccc(C(=O)NC(=S)Nc2ccc([N+](=O)[O-])cc2OC)cc1Br. The minimum atomic E-state index is -0.525. The van der Waals surface area contributed by atoms with Crippen molar-refractivity contribution in [2.24, 2.45) is 0 Å². The average molecular weight is 510 g/mol. The maximum atomic E-state index is 12.5. The Kier molecular flexibility index (Phi) is 9.67. The lowest BCUT2D eigenvalue weighted by molar-refractivity contribution is -0.384. The van der Waals surface area contributed by atoms with E-state index in [-0.39, 0.29) is 16.5 Å². The first-order chi connectivity index (χ1) is 14.8. The number of anilines is 1. The lowest BCUT2D eigenvalue weighted by Crippen LogP contribution is -2.34. The summed E-state index contributed by atoms with van der Waals surface area (Å²) in [5.74, 6) is 0.493. The van der Waals surface area contributed by atoms with Crippen molar-refractivity contribution in [2.75, 3.05) is 19.0 Å². The molecule has 0 aliphatic heterocycles. The smallest absolute Gasteiger partial charge is 0.273 e. The Labute approximate surface area is 194 Å². The molecule has 0 radical (unpaired) electrons. The normalized spacial score (nSPS) is 10.3. The van der Waals surface area contributed by atoms with Crippen molar-refractivity contribution in [2.45, 2.75) is 32.6 Å². The van der Waals surface area contributed by atoms with Gasteiger partial charge < -0.3 is 14.8 Å². The van der Waals surface area contributed by atoms with Crippen molar-refractivity contribution in [3.8, 4) is 11.5 Å². The number of nitrogens with one attached hydrogen (secondary N) is 2. The van der Waals surface area contributed by atoms with Crippen molar-refractivity contribution >= 4 is 50.5 Å². The fraction of sp³-hybridized carbons (Fsp3) is 0.333. The van der Waals surface area contributed by atoms with Crippen molar-refractivity contribution in [1.29, 1.82) is 0 Å². The zero-order valence-corrected chi connectivity index (χ0v) is 19.7. The van der Waals surface area contributed by atoms with Crippen LogP contribution in [0.15, 0.2) is 40.9 Å². The Hall–Kier alpha value is -2.72. The Morgan fingerprint density at radius 2 is 1.94 bits per heavy atom. The molecule has 2 aromatic rings. The highest BCUT2D eigenvalue weighted by atomic mass is 79.9. The molecule has 0 aromatic heterocycles. The second-order valence-electron chi connectivity index (χ2n) is 6.60. The highest BCUT2D eigenvalue weighted by Gasteiger charge is 2.15. The molecular formula is C21H24BrN3O5S. The first-order valence-electron chi connectivity index (χ1n) is 9.72. The van der Waals surface area contributed by atoms with E-state index < -0.39 is 10.8 Å². The number of benzene rings is 2. The van der Waals surface area contributed by atoms with E-state index in [2.05, 4.69) is 33.5 Å². The second kappa shape index (κ2) is 12.2. The number of unbranched alkanes of at least 4 members (excludes halogenated alkanes) is 3. The summed E-state index contributed by atoms with van der Waals surface area (Å²) < 4.78 is 11.6. The summed E-state index contributed by atoms with van der Waals surface area (Å²) in [5.41, 5.74) is 0.673. The van der Waals surface area contributed by atoms with E-state index in [9.17, 15) is 14.9 Å². The summed E-state index contributed by atoms with van der Waals surface area (Å²) in [4.78, 5) is 22.9. The van der Waals surface area contributed by atoms with Gasteiger partial charge in [0.2, 0.25) is 0 Å². The Bertz CT molecular complexity index is 955. The predicted molar refractivity (Wildman–Crippen MR) is 127 cm³/mol. The monoisotopic (exact) mass is 509 g/mol. The minimum absolute atomic E-state index is 0.0320. The summed E-state index contributed by atoms with van der Waals surface area (Å²) in [6.45, 7) is 2.78. The van der Waals surface area contributed by atoms with Crippen LogP contribution in [0.25, 0.3) is 0 Å². The van der Waals surface area contributed by atoms with Gasteiger partial charge in [0.05, 0.1) is 34.9 Å². The van der Waals surface area contributed by atoms with Crippen LogP contribution in [0.4, 0.5) is 11.4 Å². The first-order valence-corrected chi connectivity index (χ1v) is 10.9. The van der Waals surface area contributed by atoms with Gasteiger partial charge in [-0.1, -0.05) is 26.2 Å². The highest BCUT2D eigenvalue weighted by Crippen LogP contribution is 2.29. The second-order valence-corrected chi connectivity index (χ2v) is 7.87. The molecule has 0 aliphatic rings. The lowest BCUT2D eigenvalue weighted by Gasteiger charge is -2.13. The quantitative estimate of drug-likeness (QED) is 0.190. The number of hydrogen-bond donors (Lipinski definition) is 2. The maximum Gasteiger partial charge on any atom is 0.273 e. The van der Waals surface area contributed by atoms with Gasteiger partial charge in [0.15, 0.2) is 5.11 Å². The number of amides is 1. The minimum Gasteiger partial charge on any atom is -0.494 e. The van der Waals surface area contributed by atoms with Gasteiger partial charge in [-0.05, 0) is 58.8 Å². The average Bonchev–Trinajstić information content (AvgIpc) is 2.74. The van der Waals surface area contributed by atoms with Crippen molar-refractivity contribution in [3.05, 3.63) is 56.5 Å². The van der Waals surface area contributed by atoms with Crippen molar-refractivity contribution in [3.63, 3.8) is 0 Å². The zero-order valence-electron chi connectivity index (χ0n) is 17.3. The third-order valence-electron chi connectivity index (χ3n) is 4.32. The van der Waals surface area contributed by atoms with Crippen LogP contribution in [0, 0.1) is 10.1 Å². The number of methoxy groups -OCH3 is 1. The van der Waals surface area contributed by atoms with Crippen LogP contribution in [-0.2, 0) is 0 Å². The van der Waals surface area contributed by atoms with Gasteiger partial charge in [-0.3, -0.25) is 20.2 Å². The molecule has 1 amide bonds. The number of thiocarbonyl (C=S) groups is 1. The van der Waals surface area contributed by atoms with Crippen molar-refractivity contribution in [1.82, 2.24) is 5.32 Å². The number of halogens is 1. The Morgan fingerprint density at radius 1 is 1.16 bits per heavy atom. The molecule has 0 spiro atoms. The molecule has 8 nitrogen and oxygen atoms in total. The molecule has 2 aromatic carbocycles. The van der Waals surface area contributed by atoms with Crippen LogP contribution in [0.1, 0.15) is 43.0 Å². The molecule has 31 heavy (non-hydrogen) atoms. The zero-order chi connectivity index (χ0) is 22.8. The largest absolute Gasteiger partial charge is 0.494 e. The Morgan fingerprint density at radius 3 is 2.58 bits per heavy atom. The molecule has 0 aliphatic carbocycles. The molecule has 166 valence electrons. The fourth-order valence-electron chi connectivity index (χ4n) is 2.70. The molecule has 0 unspecified atom stereocenters. The molecular weight excluding hydrogens is 486 g/mol. The van der Waals surface area contributed by atoms with E-state index in [1.54, 1.807) is 18.2 Å². The number of non-ortho nitro benzene ring substituents is 1. The summed E-state index contributed by atoms with van der Waals surface area (Å²) in [5, 5.41) is 16.3. The van der Waals surface area contributed by atoms with E-state index in [1.807, 2.05) is 0 Å². The number of rotatable bonds is 10. The van der Waals surface area contributed by atoms with Crippen LogP contribution in [0.5, 0.6) is 11.5 Å². The first kappa shape index (κ1) is 24.5. The third-order valence-corrected chi connectivity index (χ3v) is 5.14. The number of nitro groups is 1. The number of nitro benzene ring substituents is 1. The van der Waals surface area contributed by atoms with Gasteiger partial charge >= 0.3 is 0 Å². The van der Waals surface area contributed by atoms with E-state index in [0.717, 1.165) is 12.8 Å². The van der Waals surface area contributed by atoms with Crippen LogP contribution in [0.3, 0.4) is 0 Å². The molecule has 0 heterocycles. The van der Waals surface area contributed by atoms with E-state index in [1.165, 1.54) is 38.2 Å². The van der Waals surface area contributed by atoms with Gasteiger partial charge in [0.25, 0.3) is 11.6 Å². The van der Waals surface area contributed by atoms with Gasteiger partial charge in [-0.25, -0.2) is 0 Å². The lowest BCUT2D eigenvalue weighted by atomic mass is 10.2. The van der Waals surface area contributed by atoms with E-state index in [4.69, 9.17) is 21.7 Å². The fourth-order valence-corrected chi connectivity index (χ4v) is 3.39. The van der Waals surface area contributed by atoms with Crippen LogP contribution >= 0.6 is 28.1 Å².